The van der Waals surface area contributed by atoms with E-state index in [1.165, 1.54) is 24.3 Å². The molecule has 0 bridgehead atoms. The van der Waals surface area contributed by atoms with Crippen LogP contribution >= 0.6 is 0 Å². The van der Waals surface area contributed by atoms with Crippen LogP contribution in [0.3, 0.4) is 0 Å². The topological polar surface area (TPSA) is 100 Å². The van der Waals surface area contributed by atoms with Crippen LogP contribution in [0.25, 0.3) is 11.1 Å². The van der Waals surface area contributed by atoms with Crippen molar-refractivity contribution in [3.05, 3.63) is 83.4 Å². The minimum Gasteiger partial charge on any atom is -0.445 e. The van der Waals surface area contributed by atoms with Gasteiger partial charge in [-0.05, 0) is 42.7 Å². The summed E-state index contributed by atoms with van der Waals surface area (Å²) in [5.41, 5.74) is 1.48. The molecule has 0 aliphatic heterocycles. The number of carbonyl (C=O) groups is 2. The van der Waals surface area contributed by atoms with Gasteiger partial charge >= 0.3 is 0 Å². The summed E-state index contributed by atoms with van der Waals surface area (Å²) in [6.45, 7) is 4.05. The zero-order valence-electron chi connectivity index (χ0n) is 17.7. The summed E-state index contributed by atoms with van der Waals surface area (Å²) in [6, 6.07) is 16.5. The summed E-state index contributed by atoms with van der Waals surface area (Å²) in [7, 11) is 0. The predicted molar refractivity (Wildman–Crippen MR) is 119 cm³/mol. The molecular weight excluding hydrogens is 411 g/mol. The molecule has 4 aromatic rings. The van der Waals surface area contributed by atoms with Gasteiger partial charge < -0.3 is 15.1 Å². The first kappa shape index (κ1) is 21.3. The number of amides is 2. The second-order valence-corrected chi connectivity index (χ2v) is 7.50. The van der Waals surface area contributed by atoms with E-state index in [0.29, 0.717) is 18.4 Å². The zero-order valence-corrected chi connectivity index (χ0v) is 17.7. The van der Waals surface area contributed by atoms with Crippen molar-refractivity contribution < 1.29 is 18.4 Å². The molecular formula is C24H23FN4O3. The van der Waals surface area contributed by atoms with Gasteiger partial charge in [0.05, 0.1) is 5.54 Å². The third kappa shape index (κ3) is 3.99. The molecule has 0 spiro atoms. The lowest BCUT2D eigenvalue weighted by Gasteiger charge is -2.33. The van der Waals surface area contributed by atoms with Crippen LogP contribution in [0.1, 0.15) is 53.2 Å². The number of rotatable bonds is 7. The van der Waals surface area contributed by atoms with Gasteiger partial charge in [0, 0.05) is 11.6 Å². The summed E-state index contributed by atoms with van der Waals surface area (Å²) < 4.78 is 18.8. The Bertz CT molecular complexity index is 1240. The lowest BCUT2D eigenvalue weighted by Crippen LogP contribution is -2.45. The monoisotopic (exact) mass is 434 g/mol. The van der Waals surface area contributed by atoms with Gasteiger partial charge in [0.25, 0.3) is 11.8 Å². The molecule has 0 fully saturated rings. The lowest BCUT2D eigenvalue weighted by molar-refractivity contribution is 0.0862. The average molecular weight is 434 g/mol. The normalized spacial score (nSPS) is 11.5. The maximum Gasteiger partial charge on any atom is 0.287 e. The van der Waals surface area contributed by atoms with Gasteiger partial charge in [-0.15, -0.1) is 0 Å². The van der Waals surface area contributed by atoms with E-state index >= 15 is 0 Å². The van der Waals surface area contributed by atoms with Gasteiger partial charge in [0.1, 0.15) is 11.3 Å². The molecule has 164 valence electrons. The number of fused-ring (bicyclic) bond motifs is 1. The van der Waals surface area contributed by atoms with Crippen molar-refractivity contribution >= 4 is 28.7 Å². The number of nitrogens with one attached hydrogen (secondary N) is 3. The van der Waals surface area contributed by atoms with Crippen molar-refractivity contribution in [1.29, 1.82) is 0 Å². The molecule has 2 amide bonds. The first-order valence-corrected chi connectivity index (χ1v) is 10.4. The first-order chi connectivity index (χ1) is 15.5. The fourth-order valence-electron chi connectivity index (χ4n) is 3.74. The van der Waals surface area contributed by atoms with Crippen LogP contribution in [0.4, 0.5) is 10.2 Å². The number of benzene rings is 2. The van der Waals surface area contributed by atoms with E-state index in [4.69, 9.17) is 4.42 Å². The van der Waals surface area contributed by atoms with Gasteiger partial charge in [-0.25, -0.2) is 4.39 Å². The Balaban J connectivity index is 1.56. The van der Waals surface area contributed by atoms with Crippen molar-refractivity contribution in [1.82, 2.24) is 15.5 Å². The van der Waals surface area contributed by atoms with E-state index < -0.39 is 17.3 Å². The molecule has 7 nitrogen and oxygen atoms in total. The van der Waals surface area contributed by atoms with Crippen LogP contribution in [-0.2, 0) is 5.54 Å². The number of hydrogen-bond donors (Lipinski definition) is 3. The van der Waals surface area contributed by atoms with Crippen molar-refractivity contribution in [3.63, 3.8) is 0 Å². The Morgan fingerprint density at radius 3 is 2.38 bits per heavy atom. The second kappa shape index (κ2) is 8.66. The first-order valence-electron chi connectivity index (χ1n) is 10.4. The third-order valence-corrected chi connectivity index (χ3v) is 5.68. The van der Waals surface area contributed by atoms with Crippen LogP contribution in [0.15, 0.2) is 65.1 Å². The highest BCUT2D eigenvalue weighted by Crippen LogP contribution is 2.30. The van der Waals surface area contributed by atoms with Crippen LogP contribution < -0.4 is 10.6 Å². The highest BCUT2D eigenvalue weighted by Gasteiger charge is 2.32. The van der Waals surface area contributed by atoms with Crippen LogP contribution in [0.5, 0.6) is 0 Å². The number of aromatic nitrogens is 2. The number of carbonyl (C=O) groups excluding carboxylic acids is 2. The molecule has 0 aliphatic carbocycles. The number of H-pyrrole nitrogens is 1. The second-order valence-electron chi connectivity index (χ2n) is 7.50. The summed E-state index contributed by atoms with van der Waals surface area (Å²) in [4.78, 5) is 25.5. The molecule has 2 aromatic heterocycles. The molecule has 0 unspecified atom stereocenters. The Morgan fingerprint density at radius 1 is 1.03 bits per heavy atom. The van der Waals surface area contributed by atoms with Crippen LogP contribution in [-0.4, -0.2) is 22.0 Å². The number of nitrogens with zero attached hydrogens (tertiary/aromatic N) is 1. The number of anilines is 1. The maximum absolute atomic E-state index is 13.1. The standard InChI is InChI=1S/C24H23FN4O3/c1-3-24(4-2,16-8-6-5-7-9-16)27-23(31)19-14-18-20(32-19)21(29-28-18)26-22(30)15-10-12-17(25)13-11-15/h5-14H,3-4H2,1-2H3,(H,27,31)(H2,26,28,29,30). The molecule has 0 atom stereocenters. The zero-order chi connectivity index (χ0) is 22.7. The van der Waals surface area contributed by atoms with Gasteiger partial charge in [0.2, 0.25) is 0 Å². The molecule has 0 aliphatic rings. The van der Waals surface area contributed by atoms with Gasteiger partial charge in [-0.1, -0.05) is 44.2 Å². The smallest absolute Gasteiger partial charge is 0.287 e. The number of hydrogen-bond acceptors (Lipinski definition) is 4. The number of aromatic amines is 1. The molecule has 2 heterocycles. The van der Waals surface area contributed by atoms with Gasteiger partial charge in [0.15, 0.2) is 17.2 Å². The SMILES string of the molecule is CCC(CC)(NC(=O)c1cc2[nH]nc(NC(=O)c3ccc(F)cc3)c2o1)c1ccccc1. The summed E-state index contributed by atoms with van der Waals surface area (Å²) in [5, 5.41) is 12.5. The fraction of sp³-hybridized carbons (Fsp3) is 0.208. The van der Waals surface area contributed by atoms with Crippen molar-refractivity contribution in [2.75, 3.05) is 5.32 Å². The minimum atomic E-state index is -0.531. The molecule has 2 aromatic carbocycles. The molecule has 4 rings (SSSR count). The summed E-state index contributed by atoms with van der Waals surface area (Å²) in [6.07, 6.45) is 1.41. The third-order valence-electron chi connectivity index (χ3n) is 5.68. The lowest BCUT2D eigenvalue weighted by atomic mass is 9.84. The molecule has 0 radical (unpaired) electrons. The predicted octanol–water partition coefficient (Wildman–Crippen LogP) is 4.99. The van der Waals surface area contributed by atoms with Crippen molar-refractivity contribution in [2.45, 2.75) is 32.2 Å². The van der Waals surface area contributed by atoms with E-state index in [2.05, 4.69) is 20.8 Å². The average Bonchev–Trinajstić information content (AvgIpc) is 3.40. The van der Waals surface area contributed by atoms with E-state index in [1.807, 2.05) is 44.2 Å². The highest BCUT2D eigenvalue weighted by atomic mass is 19.1. The van der Waals surface area contributed by atoms with E-state index in [9.17, 15) is 14.0 Å². The Labute approximate surface area is 184 Å². The fourth-order valence-corrected chi connectivity index (χ4v) is 3.74. The quantitative estimate of drug-likeness (QED) is 0.381. The van der Waals surface area contributed by atoms with E-state index in [1.54, 1.807) is 6.07 Å². The molecule has 3 N–H and O–H groups in total. The summed E-state index contributed by atoms with van der Waals surface area (Å²) >= 11 is 0. The largest absolute Gasteiger partial charge is 0.445 e. The van der Waals surface area contributed by atoms with Crippen molar-refractivity contribution in [2.24, 2.45) is 0 Å². The number of furan rings is 1. The maximum atomic E-state index is 13.1. The minimum absolute atomic E-state index is 0.105. The van der Waals surface area contributed by atoms with Crippen LogP contribution in [0, 0.1) is 5.82 Å². The molecule has 32 heavy (non-hydrogen) atoms. The molecule has 0 saturated carbocycles. The molecule has 0 saturated heterocycles. The van der Waals surface area contributed by atoms with E-state index in [-0.39, 0.29) is 28.6 Å². The van der Waals surface area contributed by atoms with Crippen molar-refractivity contribution in [3.8, 4) is 0 Å². The highest BCUT2D eigenvalue weighted by molar-refractivity contribution is 6.07. The Morgan fingerprint density at radius 2 is 1.72 bits per heavy atom. The van der Waals surface area contributed by atoms with Crippen LogP contribution in [0.2, 0.25) is 0 Å². The Kier molecular flexibility index (Phi) is 5.77. The molecule has 8 heteroatoms. The summed E-state index contributed by atoms with van der Waals surface area (Å²) in [5.74, 6) is -1.02. The number of halogens is 1. The Hall–Kier alpha value is -3.94. The van der Waals surface area contributed by atoms with Gasteiger partial charge in [-0.2, -0.15) is 5.10 Å². The van der Waals surface area contributed by atoms with E-state index in [0.717, 1.165) is 5.56 Å². The van der Waals surface area contributed by atoms with Gasteiger partial charge in [-0.3, -0.25) is 14.7 Å².